The smallest absolute Gasteiger partial charge is 0.335 e. The maximum absolute atomic E-state index is 10.2. The molecule has 0 bridgehead atoms. The maximum atomic E-state index is 10.2. The summed E-state index contributed by atoms with van der Waals surface area (Å²) in [4.78, 5) is 10.2. The molecule has 1 aliphatic heterocycles. The number of carboxylic acids is 1. The molecule has 1 rings (SSSR count). The van der Waals surface area contributed by atoms with Crippen LogP contribution in [-0.2, 0) is 9.53 Å². The van der Waals surface area contributed by atoms with Crippen molar-refractivity contribution in [2.24, 2.45) is 0 Å². The van der Waals surface area contributed by atoms with Crippen molar-refractivity contribution in [1.29, 1.82) is 0 Å². The van der Waals surface area contributed by atoms with Gasteiger partial charge < -0.3 is 25.2 Å². The molecule has 1 fully saturated rings. The SMILES string of the molecule is O=C(O)C(O)C1OCC(O)C1O. The van der Waals surface area contributed by atoms with Gasteiger partial charge >= 0.3 is 5.97 Å². The van der Waals surface area contributed by atoms with E-state index < -0.39 is 30.4 Å². The third kappa shape index (κ3) is 1.56. The van der Waals surface area contributed by atoms with Gasteiger partial charge in [-0.2, -0.15) is 0 Å². The zero-order valence-electron chi connectivity index (χ0n) is 6.12. The van der Waals surface area contributed by atoms with Crippen molar-refractivity contribution in [2.75, 3.05) is 6.61 Å². The third-order valence-corrected chi connectivity index (χ3v) is 1.75. The standard InChI is InChI=1S/C6H10O6/c7-2-1-12-5(3(2)8)4(9)6(10)11/h2-5,7-9H,1H2,(H,10,11). The van der Waals surface area contributed by atoms with Gasteiger partial charge in [-0.3, -0.25) is 0 Å². The lowest BCUT2D eigenvalue weighted by atomic mass is 10.1. The Hall–Kier alpha value is -0.690. The quantitative estimate of drug-likeness (QED) is 0.374. The molecule has 1 heterocycles. The molecular weight excluding hydrogens is 168 g/mol. The normalized spacial score (nSPS) is 38.1. The van der Waals surface area contributed by atoms with Crippen molar-refractivity contribution in [2.45, 2.75) is 24.4 Å². The van der Waals surface area contributed by atoms with Gasteiger partial charge in [0.25, 0.3) is 0 Å². The maximum Gasteiger partial charge on any atom is 0.335 e. The summed E-state index contributed by atoms with van der Waals surface area (Å²) in [5.41, 5.74) is 0. The number of carbonyl (C=O) groups is 1. The molecule has 0 radical (unpaired) electrons. The molecule has 4 unspecified atom stereocenters. The monoisotopic (exact) mass is 178 g/mol. The molecule has 0 saturated carbocycles. The highest BCUT2D eigenvalue weighted by atomic mass is 16.5. The van der Waals surface area contributed by atoms with Crippen LogP contribution in [0.1, 0.15) is 0 Å². The van der Waals surface area contributed by atoms with E-state index in [0.717, 1.165) is 0 Å². The van der Waals surface area contributed by atoms with Crippen LogP contribution in [0.15, 0.2) is 0 Å². The minimum atomic E-state index is -1.79. The van der Waals surface area contributed by atoms with Crippen LogP contribution in [-0.4, -0.2) is 57.4 Å². The molecule has 1 saturated heterocycles. The van der Waals surface area contributed by atoms with Crippen LogP contribution in [0, 0.1) is 0 Å². The van der Waals surface area contributed by atoms with Gasteiger partial charge in [0, 0.05) is 0 Å². The summed E-state index contributed by atoms with van der Waals surface area (Å²) in [6, 6.07) is 0. The summed E-state index contributed by atoms with van der Waals surface area (Å²) >= 11 is 0. The van der Waals surface area contributed by atoms with Crippen LogP contribution in [0.5, 0.6) is 0 Å². The highest BCUT2D eigenvalue weighted by molar-refractivity contribution is 5.72. The van der Waals surface area contributed by atoms with Crippen LogP contribution in [0.2, 0.25) is 0 Å². The number of aliphatic carboxylic acids is 1. The van der Waals surface area contributed by atoms with Gasteiger partial charge in [0.2, 0.25) is 0 Å². The first-order valence-corrected chi connectivity index (χ1v) is 3.42. The van der Waals surface area contributed by atoms with Gasteiger partial charge in [0.1, 0.15) is 18.3 Å². The fourth-order valence-corrected chi connectivity index (χ4v) is 1.04. The topological polar surface area (TPSA) is 107 Å². The van der Waals surface area contributed by atoms with E-state index in [1.165, 1.54) is 0 Å². The number of hydrogen-bond acceptors (Lipinski definition) is 5. The molecule has 0 spiro atoms. The third-order valence-electron chi connectivity index (χ3n) is 1.75. The van der Waals surface area contributed by atoms with E-state index in [9.17, 15) is 4.79 Å². The molecule has 12 heavy (non-hydrogen) atoms. The summed E-state index contributed by atoms with van der Waals surface area (Å²) in [5, 5.41) is 35.2. The fraction of sp³-hybridized carbons (Fsp3) is 0.833. The molecular formula is C6H10O6. The molecule has 0 aromatic heterocycles. The second-order valence-corrected chi connectivity index (χ2v) is 2.64. The number of aliphatic hydroxyl groups is 3. The molecule has 0 aliphatic carbocycles. The van der Waals surface area contributed by atoms with Gasteiger partial charge in [0.15, 0.2) is 6.10 Å². The average molecular weight is 178 g/mol. The van der Waals surface area contributed by atoms with Crippen LogP contribution in [0.3, 0.4) is 0 Å². The predicted octanol–water partition coefficient (Wildman–Crippen LogP) is -2.45. The molecule has 0 aromatic rings. The number of rotatable bonds is 2. The molecule has 6 heteroatoms. The summed E-state index contributed by atoms with van der Waals surface area (Å²) in [6.07, 6.45) is -5.49. The van der Waals surface area contributed by atoms with Crippen molar-refractivity contribution in [3.05, 3.63) is 0 Å². The minimum absolute atomic E-state index is 0.157. The number of hydrogen-bond donors (Lipinski definition) is 4. The van der Waals surface area contributed by atoms with Crippen LogP contribution in [0.4, 0.5) is 0 Å². The Morgan fingerprint density at radius 2 is 2.08 bits per heavy atom. The Morgan fingerprint density at radius 1 is 1.50 bits per heavy atom. The van der Waals surface area contributed by atoms with Gasteiger partial charge in [-0.15, -0.1) is 0 Å². The Labute approximate surface area is 68.0 Å². The zero-order chi connectivity index (χ0) is 9.30. The van der Waals surface area contributed by atoms with E-state index in [0.29, 0.717) is 0 Å². The molecule has 6 nitrogen and oxygen atoms in total. The Morgan fingerprint density at radius 3 is 2.42 bits per heavy atom. The van der Waals surface area contributed by atoms with Gasteiger partial charge in [-0.05, 0) is 0 Å². The number of ether oxygens (including phenoxy) is 1. The van der Waals surface area contributed by atoms with Crippen molar-refractivity contribution in [1.82, 2.24) is 0 Å². The lowest BCUT2D eigenvalue weighted by Crippen LogP contribution is -2.42. The van der Waals surface area contributed by atoms with Crippen molar-refractivity contribution in [3.63, 3.8) is 0 Å². The Kier molecular flexibility index (Phi) is 2.63. The molecule has 0 amide bonds. The lowest BCUT2D eigenvalue weighted by Gasteiger charge is -2.17. The van der Waals surface area contributed by atoms with E-state index in [2.05, 4.69) is 4.74 Å². The van der Waals surface area contributed by atoms with E-state index in [4.69, 9.17) is 20.4 Å². The molecule has 1 aliphatic rings. The highest BCUT2D eigenvalue weighted by Crippen LogP contribution is 2.17. The van der Waals surface area contributed by atoms with E-state index in [-0.39, 0.29) is 6.61 Å². The van der Waals surface area contributed by atoms with E-state index >= 15 is 0 Å². The van der Waals surface area contributed by atoms with Crippen molar-refractivity contribution in [3.8, 4) is 0 Å². The highest BCUT2D eigenvalue weighted by Gasteiger charge is 2.42. The molecule has 70 valence electrons. The van der Waals surface area contributed by atoms with E-state index in [1.54, 1.807) is 0 Å². The Balaban J connectivity index is 2.59. The largest absolute Gasteiger partial charge is 0.479 e. The Bertz CT molecular complexity index is 181. The first kappa shape index (κ1) is 9.40. The molecule has 4 atom stereocenters. The first-order valence-electron chi connectivity index (χ1n) is 3.42. The van der Waals surface area contributed by atoms with Crippen LogP contribution >= 0.6 is 0 Å². The fourth-order valence-electron chi connectivity index (χ4n) is 1.04. The lowest BCUT2D eigenvalue weighted by molar-refractivity contribution is -0.156. The predicted molar refractivity (Wildman–Crippen MR) is 35.4 cm³/mol. The molecule has 4 N–H and O–H groups in total. The molecule has 0 aromatic carbocycles. The second-order valence-electron chi connectivity index (χ2n) is 2.64. The van der Waals surface area contributed by atoms with Crippen LogP contribution < -0.4 is 0 Å². The summed E-state index contributed by atoms with van der Waals surface area (Å²) in [6.45, 7) is -0.157. The van der Waals surface area contributed by atoms with Gasteiger partial charge in [-0.25, -0.2) is 4.79 Å². The van der Waals surface area contributed by atoms with Crippen molar-refractivity contribution >= 4 is 5.97 Å². The summed E-state index contributed by atoms with van der Waals surface area (Å²) in [7, 11) is 0. The van der Waals surface area contributed by atoms with E-state index in [1.807, 2.05) is 0 Å². The van der Waals surface area contributed by atoms with Crippen LogP contribution in [0.25, 0.3) is 0 Å². The first-order chi connectivity index (χ1) is 5.54. The minimum Gasteiger partial charge on any atom is -0.479 e. The summed E-state index contributed by atoms with van der Waals surface area (Å²) < 4.78 is 4.67. The van der Waals surface area contributed by atoms with Gasteiger partial charge in [-0.1, -0.05) is 0 Å². The van der Waals surface area contributed by atoms with Crippen molar-refractivity contribution < 1.29 is 30.0 Å². The average Bonchev–Trinajstić information content (AvgIpc) is 2.32. The summed E-state index contributed by atoms with van der Waals surface area (Å²) in [5.74, 6) is -1.48. The second kappa shape index (κ2) is 3.36. The zero-order valence-corrected chi connectivity index (χ0v) is 6.12. The van der Waals surface area contributed by atoms with Gasteiger partial charge in [0.05, 0.1) is 6.61 Å². The number of aliphatic hydroxyl groups excluding tert-OH is 3. The number of carboxylic acid groups (broad SMARTS) is 1.